The number of hydrogen-bond acceptors (Lipinski definition) is 2. The second-order valence-electron chi connectivity index (χ2n) is 5.33. The first-order valence-electron chi connectivity index (χ1n) is 7.85. The van der Waals surface area contributed by atoms with E-state index in [1.54, 1.807) is 0 Å². The summed E-state index contributed by atoms with van der Waals surface area (Å²) in [6.07, 6.45) is 6.33. The lowest BCUT2D eigenvalue weighted by Crippen LogP contribution is -2.06. The van der Waals surface area contributed by atoms with E-state index in [1.807, 2.05) is 37.4 Å². The zero-order valence-electron chi connectivity index (χ0n) is 12.8. The summed E-state index contributed by atoms with van der Waals surface area (Å²) in [7, 11) is 2.01. The third-order valence-corrected chi connectivity index (χ3v) is 3.54. The molecular weight excluding hydrogens is 258 g/mol. The van der Waals surface area contributed by atoms with Crippen molar-refractivity contribution in [1.29, 1.82) is 0 Å². The fraction of sp³-hybridized carbons (Fsp3) is 0.368. The van der Waals surface area contributed by atoms with Crippen molar-refractivity contribution in [3.63, 3.8) is 0 Å². The van der Waals surface area contributed by atoms with Crippen molar-refractivity contribution in [3.8, 4) is 11.5 Å². The van der Waals surface area contributed by atoms with Crippen LogP contribution in [0.4, 0.5) is 0 Å². The van der Waals surface area contributed by atoms with Crippen molar-refractivity contribution in [2.45, 2.75) is 32.1 Å². The average molecular weight is 283 g/mol. The highest BCUT2D eigenvalue weighted by atomic mass is 16.5. The van der Waals surface area contributed by atoms with Crippen LogP contribution >= 0.6 is 0 Å². The second kappa shape index (κ2) is 9.19. The number of benzene rings is 2. The molecule has 112 valence electrons. The van der Waals surface area contributed by atoms with Gasteiger partial charge in [-0.1, -0.05) is 43.2 Å². The Balaban J connectivity index is 1.72. The molecule has 0 aliphatic carbocycles. The van der Waals surface area contributed by atoms with Crippen LogP contribution in [0.2, 0.25) is 0 Å². The molecule has 0 amide bonds. The molecule has 2 aromatic rings. The summed E-state index contributed by atoms with van der Waals surface area (Å²) in [5, 5.41) is 3.19. The first-order valence-corrected chi connectivity index (χ1v) is 7.85. The number of rotatable bonds is 9. The van der Waals surface area contributed by atoms with Crippen molar-refractivity contribution in [2.24, 2.45) is 0 Å². The van der Waals surface area contributed by atoms with Gasteiger partial charge in [-0.05, 0) is 62.7 Å². The maximum absolute atomic E-state index is 5.80. The van der Waals surface area contributed by atoms with Crippen LogP contribution in [-0.2, 0) is 6.42 Å². The Morgan fingerprint density at radius 1 is 0.762 bits per heavy atom. The number of nitrogens with one attached hydrogen (secondary N) is 1. The fourth-order valence-electron chi connectivity index (χ4n) is 2.33. The predicted molar refractivity (Wildman–Crippen MR) is 89.1 cm³/mol. The monoisotopic (exact) mass is 283 g/mol. The lowest BCUT2D eigenvalue weighted by atomic mass is 10.1. The minimum atomic E-state index is 0.884. The van der Waals surface area contributed by atoms with E-state index in [2.05, 4.69) is 29.6 Å². The number of aryl methyl sites for hydroxylation is 1. The number of hydrogen-bond donors (Lipinski definition) is 1. The van der Waals surface area contributed by atoms with Crippen LogP contribution in [0.5, 0.6) is 11.5 Å². The van der Waals surface area contributed by atoms with E-state index in [1.165, 1.54) is 31.2 Å². The SMILES string of the molecule is CNCCCCCCc1ccc(Oc2ccccc2)cc1. The highest BCUT2D eigenvalue weighted by Gasteiger charge is 1.98. The van der Waals surface area contributed by atoms with Crippen LogP contribution in [0.3, 0.4) is 0 Å². The van der Waals surface area contributed by atoms with Crippen LogP contribution in [0.1, 0.15) is 31.2 Å². The highest BCUT2D eigenvalue weighted by molar-refractivity contribution is 5.32. The van der Waals surface area contributed by atoms with Crippen molar-refractivity contribution in [1.82, 2.24) is 5.32 Å². The fourth-order valence-corrected chi connectivity index (χ4v) is 2.33. The molecular formula is C19H25NO. The molecule has 0 radical (unpaired) electrons. The Hall–Kier alpha value is -1.80. The summed E-state index contributed by atoms with van der Waals surface area (Å²) in [5.74, 6) is 1.79. The minimum Gasteiger partial charge on any atom is -0.457 e. The maximum Gasteiger partial charge on any atom is 0.127 e. The average Bonchev–Trinajstić information content (AvgIpc) is 2.53. The first-order chi connectivity index (χ1) is 10.4. The van der Waals surface area contributed by atoms with Gasteiger partial charge in [0.1, 0.15) is 11.5 Å². The molecule has 2 nitrogen and oxygen atoms in total. The van der Waals surface area contributed by atoms with E-state index >= 15 is 0 Å². The summed E-state index contributed by atoms with van der Waals surface area (Å²) in [4.78, 5) is 0. The zero-order chi connectivity index (χ0) is 14.8. The number of para-hydroxylation sites is 1. The van der Waals surface area contributed by atoms with Gasteiger partial charge >= 0.3 is 0 Å². The van der Waals surface area contributed by atoms with Crippen molar-refractivity contribution < 1.29 is 4.74 Å². The van der Waals surface area contributed by atoms with Gasteiger partial charge in [-0.15, -0.1) is 0 Å². The second-order valence-corrected chi connectivity index (χ2v) is 5.33. The Labute approximate surface area is 128 Å². The van der Waals surface area contributed by atoms with Crippen molar-refractivity contribution >= 4 is 0 Å². The zero-order valence-corrected chi connectivity index (χ0v) is 12.8. The summed E-state index contributed by atoms with van der Waals surface area (Å²) in [6, 6.07) is 18.4. The van der Waals surface area contributed by atoms with Crippen molar-refractivity contribution in [2.75, 3.05) is 13.6 Å². The van der Waals surface area contributed by atoms with Crippen LogP contribution in [-0.4, -0.2) is 13.6 Å². The van der Waals surface area contributed by atoms with Gasteiger partial charge < -0.3 is 10.1 Å². The number of ether oxygens (including phenoxy) is 1. The van der Waals surface area contributed by atoms with E-state index in [0.29, 0.717) is 0 Å². The van der Waals surface area contributed by atoms with E-state index in [0.717, 1.165) is 24.5 Å². The summed E-state index contributed by atoms with van der Waals surface area (Å²) < 4.78 is 5.80. The van der Waals surface area contributed by atoms with Gasteiger partial charge in [-0.3, -0.25) is 0 Å². The molecule has 0 saturated carbocycles. The molecule has 2 rings (SSSR count). The third kappa shape index (κ3) is 6.01. The standard InChI is InChI=1S/C19H25NO/c1-20-16-8-3-2-5-9-17-12-14-19(15-13-17)21-18-10-6-4-7-11-18/h4,6-7,10-15,20H,2-3,5,8-9,16H2,1H3. The van der Waals surface area contributed by atoms with Gasteiger partial charge in [0, 0.05) is 0 Å². The molecule has 2 heteroatoms. The number of unbranched alkanes of at least 4 members (excludes halogenated alkanes) is 3. The Bertz CT molecular complexity index is 493. The molecule has 0 aromatic heterocycles. The lowest BCUT2D eigenvalue weighted by molar-refractivity contribution is 0.482. The van der Waals surface area contributed by atoms with Crippen LogP contribution in [0.15, 0.2) is 54.6 Å². The Morgan fingerprint density at radius 3 is 2.14 bits per heavy atom. The molecule has 0 aliphatic heterocycles. The maximum atomic E-state index is 5.80. The highest BCUT2D eigenvalue weighted by Crippen LogP contribution is 2.21. The Kier molecular flexibility index (Phi) is 6.82. The molecule has 0 fully saturated rings. The van der Waals surface area contributed by atoms with Crippen molar-refractivity contribution in [3.05, 3.63) is 60.2 Å². The smallest absolute Gasteiger partial charge is 0.127 e. The summed E-state index contributed by atoms with van der Waals surface area (Å²) >= 11 is 0. The normalized spacial score (nSPS) is 10.5. The van der Waals surface area contributed by atoms with Gasteiger partial charge in [0.2, 0.25) is 0 Å². The van der Waals surface area contributed by atoms with E-state index in [9.17, 15) is 0 Å². The summed E-state index contributed by atoms with van der Waals surface area (Å²) in [5.41, 5.74) is 1.39. The van der Waals surface area contributed by atoms with E-state index in [-0.39, 0.29) is 0 Å². The van der Waals surface area contributed by atoms with Gasteiger partial charge in [0.05, 0.1) is 0 Å². The molecule has 2 aromatic carbocycles. The molecule has 21 heavy (non-hydrogen) atoms. The molecule has 1 N–H and O–H groups in total. The van der Waals surface area contributed by atoms with E-state index < -0.39 is 0 Å². The minimum absolute atomic E-state index is 0.884. The van der Waals surface area contributed by atoms with Crippen LogP contribution in [0, 0.1) is 0 Å². The quantitative estimate of drug-likeness (QED) is 0.667. The first kappa shape index (κ1) is 15.6. The molecule has 0 bridgehead atoms. The largest absolute Gasteiger partial charge is 0.457 e. The topological polar surface area (TPSA) is 21.3 Å². The lowest BCUT2D eigenvalue weighted by Gasteiger charge is -2.07. The van der Waals surface area contributed by atoms with Gasteiger partial charge in [0.25, 0.3) is 0 Å². The Morgan fingerprint density at radius 2 is 1.43 bits per heavy atom. The van der Waals surface area contributed by atoms with Crippen LogP contribution < -0.4 is 10.1 Å². The molecule has 0 spiro atoms. The molecule has 0 unspecified atom stereocenters. The summed E-state index contributed by atoms with van der Waals surface area (Å²) in [6.45, 7) is 1.13. The molecule has 0 aliphatic rings. The predicted octanol–water partition coefficient (Wildman–Crippen LogP) is 4.80. The third-order valence-electron chi connectivity index (χ3n) is 3.54. The van der Waals surface area contributed by atoms with Gasteiger partial charge in [-0.25, -0.2) is 0 Å². The molecule has 0 saturated heterocycles. The van der Waals surface area contributed by atoms with E-state index in [4.69, 9.17) is 4.74 Å². The molecule has 0 heterocycles. The van der Waals surface area contributed by atoms with Gasteiger partial charge in [-0.2, -0.15) is 0 Å². The van der Waals surface area contributed by atoms with Gasteiger partial charge in [0.15, 0.2) is 0 Å². The van der Waals surface area contributed by atoms with Crippen LogP contribution in [0.25, 0.3) is 0 Å². The molecule has 0 atom stereocenters.